The fourth-order valence-electron chi connectivity index (χ4n) is 2.85. The summed E-state index contributed by atoms with van der Waals surface area (Å²) in [6, 6.07) is 7.03. The molecule has 1 N–H and O–H groups in total. The van der Waals surface area contributed by atoms with Gasteiger partial charge in [0.25, 0.3) is 0 Å². The number of benzene rings is 1. The molecule has 3 heteroatoms. The topological polar surface area (TPSA) is 40.5 Å². The molecule has 0 amide bonds. The van der Waals surface area contributed by atoms with Gasteiger partial charge in [-0.3, -0.25) is 4.79 Å². The largest absolute Gasteiger partial charge is 0.481 e. The van der Waals surface area contributed by atoms with Crippen molar-refractivity contribution >= 4 is 11.7 Å². The van der Waals surface area contributed by atoms with Crippen LogP contribution in [0.5, 0.6) is 0 Å². The monoisotopic (exact) mass is 247 g/mol. The van der Waals surface area contributed by atoms with Crippen molar-refractivity contribution in [2.45, 2.75) is 52.1 Å². The van der Waals surface area contributed by atoms with E-state index in [-0.39, 0.29) is 0 Å². The summed E-state index contributed by atoms with van der Waals surface area (Å²) in [5, 5.41) is 9.10. The molecule has 0 spiro atoms. The summed E-state index contributed by atoms with van der Waals surface area (Å²) >= 11 is 0. The number of carboxylic acid groups (broad SMARTS) is 1. The van der Waals surface area contributed by atoms with Crippen molar-refractivity contribution in [3.05, 3.63) is 29.3 Å². The van der Waals surface area contributed by atoms with Crippen LogP contribution in [-0.2, 0) is 11.2 Å². The number of carboxylic acids is 1. The van der Waals surface area contributed by atoms with Gasteiger partial charge in [-0.1, -0.05) is 12.1 Å². The molecule has 0 radical (unpaired) electrons. The van der Waals surface area contributed by atoms with Gasteiger partial charge in [0.15, 0.2) is 0 Å². The van der Waals surface area contributed by atoms with Crippen molar-refractivity contribution in [1.82, 2.24) is 0 Å². The van der Waals surface area contributed by atoms with Gasteiger partial charge >= 0.3 is 5.97 Å². The number of nitrogens with zero attached hydrogens (tertiary/aromatic N) is 1. The molecule has 1 aromatic rings. The molecule has 1 aliphatic heterocycles. The Bertz CT molecular complexity index is 468. The summed E-state index contributed by atoms with van der Waals surface area (Å²) in [5.41, 5.74) is 3.43. The van der Waals surface area contributed by atoms with Gasteiger partial charge < -0.3 is 10.0 Å². The molecule has 2 rings (SSSR count). The minimum absolute atomic E-state index is 0.441. The molecule has 0 aliphatic carbocycles. The van der Waals surface area contributed by atoms with E-state index in [0.29, 0.717) is 12.1 Å². The van der Waals surface area contributed by atoms with Crippen LogP contribution < -0.4 is 4.90 Å². The highest BCUT2D eigenvalue weighted by Crippen LogP contribution is 2.35. The molecule has 3 nitrogen and oxygen atoms in total. The average molecular weight is 247 g/mol. The van der Waals surface area contributed by atoms with Crippen molar-refractivity contribution in [3.63, 3.8) is 0 Å². The summed E-state index contributed by atoms with van der Waals surface area (Å²) in [5.74, 6) is -1.21. The third-order valence-electron chi connectivity index (χ3n) is 3.80. The molecule has 1 heterocycles. The van der Waals surface area contributed by atoms with E-state index in [0.717, 1.165) is 12.0 Å². The van der Waals surface area contributed by atoms with E-state index in [1.54, 1.807) is 6.92 Å². The zero-order valence-electron chi connectivity index (χ0n) is 11.5. The van der Waals surface area contributed by atoms with Crippen LogP contribution in [0.15, 0.2) is 18.2 Å². The Morgan fingerprint density at radius 1 is 1.39 bits per heavy atom. The van der Waals surface area contributed by atoms with E-state index < -0.39 is 11.9 Å². The molecule has 18 heavy (non-hydrogen) atoms. The quantitative estimate of drug-likeness (QED) is 0.892. The smallest absolute Gasteiger partial charge is 0.310 e. The lowest BCUT2D eigenvalue weighted by atomic mass is 9.98. The molecule has 0 bridgehead atoms. The lowest BCUT2D eigenvalue weighted by Crippen LogP contribution is -2.35. The van der Waals surface area contributed by atoms with Gasteiger partial charge in [-0.15, -0.1) is 0 Å². The molecular weight excluding hydrogens is 226 g/mol. The Morgan fingerprint density at radius 3 is 2.61 bits per heavy atom. The Kier molecular flexibility index (Phi) is 3.33. The first-order valence-electron chi connectivity index (χ1n) is 6.55. The van der Waals surface area contributed by atoms with Crippen molar-refractivity contribution < 1.29 is 9.90 Å². The summed E-state index contributed by atoms with van der Waals surface area (Å²) in [6.07, 6.45) is 1.05. The molecule has 98 valence electrons. The van der Waals surface area contributed by atoms with Gasteiger partial charge in [-0.2, -0.15) is 0 Å². The molecule has 2 unspecified atom stereocenters. The van der Waals surface area contributed by atoms with Gasteiger partial charge in [0.05, 0.1) is 5.92 Å². The van der Waals surface area contributed by atoms with Crippen LogP contribution in [0.1, 0.15) is 44.7 Å². The van der Waals surface area contributed by atoms with E-state index >= 15 is 0 Å². The van der Waals surface area contributed by atoms with E-state index in [9.17, 15) is 4.79 Å². The highest BCUT2D eigenvalue weighted by atomic mass is 16.4. The van der Waals surface area contributed by atoms with E-state index in [4.69, 9.17) is 5.11 Å². The zero-order chi connectivity index (χ0) is 13.4. The maximum atomic E-state index is 11.1. The summed E-state index contributed by atoms with van der Waals surface area (Å²) < 4.78 is 0. The molecule has 0 aromatic heterocycles. The van der Waals surface area contributed by atoms with Gasteiger partial charge in [0, 0.05) is 17.8 Å². The third kappa shape index (κ3) is 2.09. The predicted octanol–water partition coefficient (Wildman–Crippen LogP) is 3.03. The maximum absolute atomic E-state index is 11.1. The number of hydrogen-bond donors (Lipinski definition) is 1. The molecule has 2 atom stereocenters. The van der Waals surface area contributed by atoms with Crippen LogP contribution >= 0.6 is 0 Å². The number of hydrogen-bond acceptors (Lipinski definition) is 2. The van der Waals surface area contributed by atoms with Crippen molar-refractivity contribution in [2.24, 2.45) is 0 Å². The second kappa shape index (κ2) is 4.63. The SMILES string of the molecule is CC(C(=O)O)c1ccc2c(c1)N(C(C)C)C(C)C2. The molecule has 0 saturated carbocycles. The second-order valence-corrected chi connectivity index (χ2v) is 5.50. The van der Waals surface area contributed by atoms with Crippen LogP contribution in [0.25, 0.3) is 0 Å². The Morgan fingerprint density at radius 2 is 2.06 bits per heavy atom. The summed E-state index contributed by atoms with van der Waals surface area (Å²) in [4.78, 5) is 13.4. The number of rotatable bonds is 3. The fourth-order valence-corrected chi connectivity index (χ4v) is 2.85. The lowest BCUT2D eigenvalue weighted by molar-refractivity contribution is -0.138. The minimum Gasteiger partial charge on any atom is -0.481 e. The first-order valence-corrected chi connectivity index (χ1v) is 6.55. The maximum Gasteiger partial charge on any atom is 0.310 e. The van der Waals surface area contributed by atoms with E-state index in [2.05, 4.69) is 37.8 Å². The van der Waals surface area contributed by atoms with Gasteiger partial charge in [-0.25, -0.2) is 0 Å². The fraction of sp³-hybridized carbons (Fsp3) is 0.533. The minimum atomic E-state index is -0.767. The number of fused-ring (bicyclic) bond motifs is 1. The predicted molar refractivity (Wildman–Crippen MR) is 73.3 cm³/mol. The van der Waals surface area contributed by atoms with Crippen molar-refractivity contribution in [2.75, 3.05) is 4.90 Å². The molecule has 1 aromatic carbocycles. The lowest BCUT2D eigenvalue weighted by Gasteiger charge is -2.29. The average Bonchev–Trinajstić information content (AvgIpc) is 2.62. The number of anilines is 1. The van der Waals surface area contributed by atoms with Crippen molar-refractivity contribution in [3.8, 4) is 0 Å². The molecular formula is C15H21NO2. The summed E-state index contributed by atoms with van der Waals surface area (Å²) in [7, 11) is 0. The first kappa shape index (κ1) is 12.9. The normalized spacial score (nSPS) is 20.1. The molecule has 1 aliphatic rings. The van der Waals surface area contributed by atoms with E-state index in [1.165, 1.54) is 11.3 Å². The second-order valence-electron chi connectivity index (χ2n) is 5.50. The third-order valence-corrected chi connectivity index (χ3v) is 3.80. The van der Waals surface area contributed by atoms with Crippen LogP contribution in [0.3, 0.4) is 0 Å². The van der Waals surface area contributed by atoms with Crippen molar-refractivity contribution in [1.29, 1.82) is 0 Å². The van der Waals surface area contributed by atoms with Gasteiger partial charge in [0.2, 0.25) is 0 Å². The Labute approximate surface area is 108 Å². The molecule has 0 fully saturated rings. The Balaban J connectivity index is 2.40. The standard InChI is InChI=1S/C15H21NO2/c1-9(2)16-10(3)7-13-6-5-12(8-14(13)16)11(4)15(17)18/h5-6,8-11H,7H2,1-4H3,(H,17,18). The van der Waals surface area contributed by atoms with Crippen LogP contribution in [0, 0.1) is 0 Å². The zero-order valence-corrected chi connectivity index (χ0v) is 11.5. The van der Waals surface area contributed by atoms with Gasteiger partial charge in [0.1, 0.15) is 0 Å². The highest BCUT2D eigenvalue weighted by molar-refractivity contribution is 5.76. The number of carbonyl (C=O) groups is 1. The van der Waals surface area contributed by atoms with Gasteiger partial charge in [-0.05, 0) is 51.3 Å². The van der Waals surface area contributed by atoms with Crippen LogP contribution in [-0.4, -0.2) is 23.2 Å². The Hall–Kier alpha value is -1.51. The number of aliphatic carboxylic acids is 1. The first-order chi connectivity index (χ1) is 8.41. The van der Waals surface area contributed by atoms with E-state index in [1.807, 2.05) is 6.07 Å². The van der Waals surface area contributed by atoms with Crippen LogP contribution in [0.2, 0.25) is 0 Å². The summed E-state index contributed by atoms with van der Waals surface area (Å²) in [6.45, 7) is 8.32. The highest BCUT2D eigenvalue weighted by Gasteiger charge is 2.28. The molecule has 0 saturated heterocycles. The van der Waals surface area contributed by atoms with Crippen LogP contribution in [0.4, 0.5) is 5.69 Å².